The smallest absolute Gasteiger partial charge is 0.243 e. The molecule has 2 N–H and O–H groups in total. The first-order chi connectivity index (χ1) is 8.52. The van der Waals surface area contributed by atoms with E-state index in [-0.39, 0.29) is 18.2 Å². The van der Waals surface area contributed by atoms with Gasteiger partial charge in [-0.1, -0.05) is 0 Å². The van der Waals surface area contributed by atoms with Crippen molar-refractivity contribution in [2.24, 2.45) is 5.73 Å². The van der Waals surface area contributed by atoms with E-state index in [2.05, 4.69) is 0 Å². The van der Waals surface area contributed by atoms with Crippen molar-refractivity contribution >= 4 is 17.5 Å². The summed E-state index contributed by atoms with van der Waals surface area (Å²) in [5.74, 6) is -0.393. The molecule has 0 aliphatic heterocycles. The molecule has 0 radical (unpaired) electrons. The highest BCUT2D eigenvalue weighted by Gasteiger charge is 2.03. The molecule has 0 rings (SSSR count). The minimum Gasteiger partial charge on any atom is -0.379 e. The lowest BCUT2D eigenvalue weighted by atomic mass is 10.1. The van der Waals surface area contributed by atoms with E-state index in [1.807, 2.05) is 0 Å². The minimum atomic E-state index is -0.508. The maximum absolute atomic E-state index is 11.3. The van der Waals surface area contributed by atoms with Gasteiger partial charge in [-0.2, -0.15) is 0 Å². The second-order valence-corrected chi connectivity index (χ2v) is 3.98. The molecule has 0 unspecified atom stereocenters. The molecule has 104 valence electrons. The first-order valence-corrected chi connectivity index (χ1v) is 5.97. The lowest BCUT2D eigenvalue weighted by Crippen LogP contribution is -2.19. The molecular weight excluding hydrogens is 238 g/mol. The molecule has 0 aliphatic rings. The lowest BCUT2D eigenvalue weighted by Gasteiger charge is -2.04. The Morgan fingerprint density at radius 1 is 0.944 bits per heavy atom. The molecule has 18 heavy (non-hydrogen) atoms. The van der Waals surface area contributed by atoms with Gasteiger partial charge in [0.25, 0.3) is 0 Å². The van der Waals surface area contributed by atoms with E-state index in [0.717, 1.165) is 0 Å². The normalized spacial score (nSPS) is 10.3. The van der Waals surface area contributed by atoms with Crippen LogP contribution < -0.4 is 5.73 Å². The number of rotatable bonds is 12. The number of carbonyl (C=O) groups excluding carboxylic acids is 3. The van der Waals surface area contributed by atoms with Gasteiger partial charge >= 0.3 is 0 Å². The molecule has 0 aromatic heterocycles. The number of hydrogen-bond acceptors (Lipinski definition) is 5. The number of ether oxygens (including phenoxy) is 2. The van der Waals surface area contributed by atoms with E-state index in [1.165, 1.54) is 6.92 Å². The number of Topliss-reactive ketones (excluding diaryl/α,β-unsaturated/α-hetero) is 2. The first kappa shape index (κ1) is 16.7. The van der Waals surface area contributed by atoms with Crippen molar-refractivity contribution in [1.29, 1.82) is 0 Å². The summed E-state index contributed by atoms with van der Waals surface area (Å²) in [6.07, 6.45) is 1.69. The van der Waals surface area contributed by atoms with Gasteiger partial charge in [0.05, 0.1) is 13.2 Å². The summed E-state index contributed by atoms with van der Waals surface area (Å²) in [4.78, 5) is 32.2. The Hall–Kier alpha value is -1.27. The minimum absolute atomic E-state index is 0.0335. The Labute approximate surface area is 107 Å². The number of hydrogen-bond donors (Lipinski definition) is 1. The third-order valence-electron chi connectivity index (χ3n) is 2.12. The van der Waals surface area contributed by atoms with E-state index in [4.69, 9.17) is 15.2 Å². The van der Waals surface area contributed by atoms with Crippen molar-refractivity contribution in [2.75, 3.05) is 26.4 Å². The molecular formula is C12H21NO5. The van der Waals surface area contributed by atoms with Crippen LogP contribution in [0.5, 0.6) is 0 Å². The van der Waals surface area contributed by atoms with Gasteiger partial charge in [-0.15, -0.1) is 0 Å². The largest absolute Gasteiger partial charge is 0.379 e. The van der Waals surface area contributed by atoms with E-state index in [9.17, 15) is 14.4 Å². The molecule has 1 amide bonds. The molecule has 0 saturated heterocycles. The van der Waals surface area contributed by atoms with Crippen molar-refractivity contribution in [3.05, 3.63) is 0 Å². The second kappa shape index (κ2) is 10.9. The molecule has 0 aliphatic carbocycles. The fourth-order valence-corrected chi connectivity index (χ4v) is 1.20. The van der Waals surface area contributed by atoms with Gasteiger partial charge in [0.15, 0.2) is 0 Å². The molecule has 0 aromatic rings. The maximum Gasteiger partial charge on any atom is 0.243 e. The Kier molecular flexibility index (Phi) is 10.1. The highest BCUT2D eigenvalue weighted by molar-refractivity contribution is 5.84. The van der Waals surface area contributed by atoms with Gasteiger partial charge < -0.3 is 20.0 Å². The zero-order valence-electron chi connectivity index (χ0n) is 10.8. The monoisotopic (exact) mass is 259 g/mol. The number of primary amides is 1. The van der Waals surface area contributed by atoms with Gasteiger partial charge in [0.1, 0.15) is 18.2 Å². The third-order valence-corrected chi connectivity index (χ3v) is 2.12. The quantitative estimate of drug-likeness (QED) is 0.506. The van der Waals surface area contributed by atoms with Gasteiger partial charge in [-0.25, -0.2) is 0 Å². The molecule has 0 aromatic carbocycles. The van der Waals surface area contributed by atoms with E-state index < -0.39 is 5.91 Å². The predicted molar refractivity (Wildman–Crippen MR) is 65.0 cm³/mol. The van der Waals surface area contributed by atoms with Gasteiger partial charge in [0.2, 0.25) is 5.91 Å². The number of carbonyl (C=O) groups is 3. The predicted octanol–water partition coefficient (Wildman–Crippen LogP) is 0.223. The molecule has 0 atom stereocenters. The van der Waals surface area contributed by atoms with E-state index in [1.54, 1.807) is 0 Å². The highest BCUT2D eigenvalue weighted by atomic mass is 16.5. The molecule has 6 nitrogen and oxygen atoms in total. The van der Waals surface area contributed by atoms with Gasteiger partial charge in [-0.3, -0.25) is 9.59 Å². The average molecular weight is 259 g/mol. The average Bonchev–Trinajstić information content (AvgIpc) is 2.29. The summed E-state index contributed by atoms with van der Waals surface area (Å²) >= 11 is 0. The molecule has 6 heteroatoms. The van der Waals surface area contributed by atoms with E-state index in [0.29, 0.717) is 45.5 Å². The second-order valence-electron chi connectivity index (χ2n) is 3.98. The lowest BCUT2D eigenvalue weighted by molar-refractivity contribution is -0.123. The summed E-state index contributed by atoms with van der Waals surface area (Å²) in [5.41, 5.74) is 4.87. The fraction of sp³-hybridized carbons (Fsp3) is 0.750. The molecule has 0 bridgehead atoms. The van der Waals surface area contributed by atoms with Crippen molar-refractivity contribution in [2.45, 2.75) is 32.6 Å². The Balaban J connectivity index is 3.22. The van der Waals surface area contributed by atoms with Crippen LogP contribution in [0.1, 0.15) is 32.6 Å². The highest BCUT2D eigenvalue weighted by Crippen LogP contribution is 1.99. The van der Waals surface area contributed by atoms with Crippen molar-refractivity contribution in [1.82, 2.24) is 0 Å². The number of nitrogens with two attached hydrogens (primary N) is 1. The van der Waals surface area contributed by atoms with Crippen LogP contribution in [0.15, 0.2) is 0 Å². The van der Waals surface area contributed by atoms with Crippen LogP contribution in [-0.4, -0.2) is 43.9 Å². The molecule has 0 fully saturated rings. The van der Waals surface area contributed by atoms with Crippen LogP contribution in [0.4, 0.5) is 0 Å². The summed E-state index contributed by atoms with van der Waals surface area (Å²) in [6.45, 7) is 2.51. The van der Waals surface area contributed by atoms with Crippen LogP contribution in [0.2, 0.25) is 0 Å². The molecule has 0 saturated carbocycles. The summed E-state index contributed by atoms with van der Waals surface area (Å²) < 4.78 is 10.1. The standard InChI is InChI=1S/C12H21NO5/c1-10(14)4-5-11(15)3-2-6-17-7-8-18-9-12(13)16/h2-9H2,1H3,(H2,13,16). The van der Waals surface area contributed by atoms with Gasteiger partial charge in [0, 0.05) is 25.9 Å². The first-order valence-electron chi connectivity index (χ1n) is 5.97. The van der Waals surface area contributed by atoms with Crippen LogP contribution in [0.3, 0.4) is 0 Å². The zero-order chi connectivity index (χ0) is 13.8. The Morgan fingerprint density at radius 3 is 2.22 bits per heavy atom. The van der Waals surface area contributed by atoms with E-state index >= 15 is 0 Å². The molecule has 0 heterocycles. The zero-order valence-corrected chi connectivity index (χ0v) is 10.8. The summed E-state index contributed by atoms with van der Waals surface area (Å²) in [5, 5.41) is 0. The SMILES string of the molecule is CC(=O)CCC(=O)CCCOCCOCC(N)=O. The van der Waals surface area contributed by atoms with Gasteiger partial charge in [-0.05, 0) is 13.3 Å². The summed E-state index contributed by atoms with van der Waals surface area (Å²) in [7, 11) is 0. The topological polar surface area (TPSA) is 95.7 Å². The van der Waals surface area contributed by atoms with Crippen molar-refractivity contribution < 1.29 is 23.9 Å². The van der Waals surface area contributed by atoms with Crippen LogP contribution in [0, 0.1) is 0 Å². The number of amides is 1. The third kappa shape index (κ3) is 12.8. The maximum atomic E-state index is 11.3. The van der Waals surface area contributed by atoms with Crippen LogP contribution >= 0.6 is 0 Å². The number of ketones is 2. The Bertz CT molecular complexity index is 278. The summed E-state index contributed by atoms with van der Waals surface area (Å²) in [6, 6.07) is 0. The van der Waals surface area contributed by atoms with Crippen molar-refractivity contribution in [3.8, 4) is 0 Å². The van der Waals surface area contributed by atoms with Crippen LogP contribution in [-0.2, 0) is 23.9 Å². The Morgan fingerprint density at radius 2 is 1.61 bits per heavy atom. The van der Waals surface area contributed by atoms with Crippen LogP contribution in [0.25, 0.3) is 0 Å². The van der Waals surface area contributed by atoms with Crippen molar-refractivity contribution in [3.63, 3.8) is 0 Å². The molecule has 0 spiro atoms. The fourth-order valence-electron chi connectivity index (χ4n) is 1.20.